The number of likely N-dealkylation sites (tertiary alicyclic amines) is 1. The molecule has 2 heterocycles. The monoisotopic (exact) mass is 572 g/mol. The highest BCUT2D eigenvalue weighted by molar-refractivity contribution is 6.31. The Kier molecular flexibility index (Phi) is 11.5. The number of ketones is 1. The maximum absolute atomic E-state index is 11.5. The molecule has 3 aromatic rings. The van der Waals surface area contributed by atoms with Crippen molar-refractivity contribution in [3.05, 3.63) is 64.9 Å². The Bertz CT molecular complexity index is 1330. The van der Waals surface area contributed by atoms with Crippen molar-refractivity contribution in [2.75, 3.05) is 33.4 Å². The first-order valence-electron chi connectivity index (χ1n) is 12.9. The number of hydrogen-bond donors (Lipinski definition) is 2. The molecule has 10 nitrogen and oxygen atoms in total. The lowest BCUT2D eigenvalue weighted by atomic mass is 9.92. The van der Waals surface area contributed by atoms with Crippen LogP contribution in [0.15, 0.2) is 53.1 Å². The molecule has 214 valence electrons. The van der Waals surface area contributed by atoms with Crippen LogP contribution >= 0.6 is 11.6 Å². The number of carbonyl (C=O) groups is 3. The maximum atomic E-state index is 11.5. The number of benzene rings is 2. The van der Waals surface area contributed by atoms with E-state index in [0.29, 0.717) is 46.8 Å². The normalized spacial score (nSPS) is 14.1. The number of aromatic nitrogens is 1. The number of unbranched alkanes of at least 4 members (excludes halogenated alkanes) is 1. The van der Waals surface area contributed by atoms with Gasteiger partial charge in [-0.25, -0.2) is 9.59 Å². The zero-order valence-corrected chi connectivity index (χ0v) is 23.2. The van der Waals surface area contributed by atoms with E-state index >= 15 is 0 Å². The Balaban J connectivity index is 0.000000482. The van der Waals surface area contributed by atoms with Crippen molar-refractivity contribution in [2.45, 2.75) is 38.5 Å². The van der Waals surface area contributed by atoms with Gasteiger partial charge >= 0.3 is 11.9 Å². The predicted octanol–water partition coefficient (Wildman–Crippen LogP) is 5.44. The summed E-state index contributed by atoms with van der Waals surface area (Å²) in [5.41, 5.74) is 1.46. The zero-order chi connectivity index (χ0) is 29.1. The predicted molar refractivity (Wildman–Crippen MR) is 150 cm³/mol. The molecule has 0 unspecified atom stereocenters. The largest absolute Gasteiger partial charge is 0.493 e. The number of fused-ring (bicyclic) bond motifs is 1. The number of methoxy groups -OCH3 is 1. The summed E-state index contributed by atoms with van der Waals surface area (Å²) in [5.74, 6) is 0.181. The highest BCUT2D eigenvalue weighted by Gasteiger charge is 2.25. The highest BCUT2D eigenvalue weighted by Crippen LogP contribution is 2.34. The van der Waals surface area contributed by atoms with Gasteiger partial charge in [0, 0.05) is 34.0 Å². The van der Waals surface area contributed by atoms with Gasteiger partial charge in [0.05, 0.1) is 13.7 Å². The molecular formula is C29H33ClN2O8. The molecule has 0 aliphatic carbocycles. The minimum Gasteiger partial charge on any atom is -0.493 e. The molecule has 11 heteroatoms. The van der Waals surface area contributed by atoms with E-state index in [1.165, 1.54) is 0 Å². The number of Topliss-reactive ketones (excluding diaryl/α,β-unsaturated/α-hetero) is 1. The molecule has 1 aliphatic heterocycles. The van der Waals surface area contributed by atoms with E-state index in [1.54, 1.807) is 26.2 Å². The summed E-state index contributed by atoms with van der Waals surface area (Å²) in [6.45, 7) is 5.34. The SMILES string of the molecule is COc1cc(C(C)=O)ccc1OCCCCN1CCC(c2onc3cc(Cl)ccc23)CC1.O=C(O)/C=C/C(=O)O. The van der Waals surface area contributed by atoms with Gasteiger partial charge in [0.15, 0.2) is 17.3 Å². The van der Waals surface area contributed by atoms with Crippen LogP contribution in [0, 0.1) is 0 Å². The molecule has 0 saturated carbocycles. The Morgan fingerprint density at radius 2 is 1.75 bits per heavy atom. The van der Waals surface area contributed by atoms with Crippen LogP contribution in [0.4, 0.5) is 0 Å². The Morgan fingerprint density at radius 3 is 2.38 bits per heavy atom. The lowest BCUT2D eigenvalue weighted by Crippen LogP contribution is -2.33. The minimum atomic E-state index is -1.26. The molecule has 2 N–H and O–H groups in total. The lowest BCUT2D eigenvalue weighted by molar-refractivity contribution is -0.134. The topological polar surface area (TPSA) is 139 Å². The fourth-order valence-electron chi connectivity index (χ4n) is 4.42. The molecule has 0 bridgehead atoms. The summed E-state index contributed by atoms with van der Waals surface area (Å²) in [6.07, 6.45) is 5.30. The number of ether oxygens (including phenoxy) is 2. The Labute approximate surface area is 237 Å². The average Bonchev–Trinajstić information content (AvgIpc) is 3.35. The first-order chi connectivity index (χ1) is 19.2. The van der Waals surface area contributed by atoms with Gasteiger partial charge in [-0.2, -0.15) is 0 Å². The van der Waals surface area contributed by atoms with Gasteiger partial charge in [0.2, 0.25) is 0 Å². The second kappa shape index (κ2) is 15.0. The van der Waals surface area contributed by atoms with Crippen LogP contribution in [0.1, 0.15) is 54.6 Å². The van der Waals surface area contributed by atoms with Crippen LogP contribution < -0.4 is 9.47 Å². The molecule has 0 radical (unpaired) electrons. The Morgan fingerprint density at radius 1 is 1.05 bits per heavy atom. The third kappa shape index (κ3) is 9.10. The molecule has 0 amide bonds. The fraction of sp³-hybridized carbons (Fsp3) is 0.379. The van der Waals surface area contributed by atoms with Crippen molar-refractivity contribution in [1.82, 2.24) is 10.1 Å². The number of carboxylic acid groups (broad SMARTS) is 2. The molecule has 4 rings (SSSR count). The van der Waals surface area contributed by atoms with Gasteiger partial charge in [-0.1, -0.05) is 16.8 Å². The molecule has 1 saturated heterocycles. The third-order valence-electron chi connectivity index (χ3n) is 6.49. The number of rotatable bonds is 11. The van der Waals surface area contributed by atoms with Gasteiger partial charge < -0.3 is 29.1 Å². The number of carboxylic acids is 2. The van der Waals surface area contributed by atoms with E-state index < -0.39 is 11.9 Å². The number of piperidine rings is 1. The summed E-state index contributed by atoms with van der Waals surface area (Å²) in [5, 5.41) is 21.6. The number of nitrogens with zero attached hydrogens (tertiary/aromatic N) is 2. The van der Waals surface area contributed by atoms with Crippen LogP contribution in [-0.4, -0.2) is 71.3 Å². The zero-order valence-electron chi connectivity index (χ0n) is 22.5. The van der Waals surface area contributed by atoms with Crippen molar-refractivity contribution in [3.63, 3.8) is 0 Å². The van der Waals surface area contributed by atoms with Gasteiger partial charge in [0.25, 0.3) is 0 Å². The summed E-state index contributed by atoms with van der Waals surface area (Å²) in [4.78, 5) is 33.1. The summed E-state index contributed by atoms with van der Waals surface area (Å²) < 4.78 is 16.9. The minimum absolute atomic E-state index is 0.0134. The summed E-state index contributed by atoms with van der Waals surface area (Å²) in [7, 11) is 1.59. The lowest BCUT2D eigenvalue weighted by Gasteiger charge is -2.30. The van der Waals surface area contributed by atoms with E-state index in [1.807, 2.05) is 24.3 Å². The first kappa shape index (κ1) is 30.6. The molecule has 1 aromatic heterocycles. The van der Waals surface area contributed by atoms with E-state index in [-0.39, 0.29) is 5.78 Å². The van der Waals surface area contributed by atoms with E-state index in [0.717, 1.165) is 62.0 Å². The number of hydrogen-bond acceptors (Lipinski definition) is 8. The molecule has 0 atom stereocenters. The molecule has 1 fully saturated rings. The van der Waals surface area contributed by atoms with Gasteiger partial charge in [0.1, 0.15) is 11.3 Å². The second-order valence-electron chi connectivity index (χ2n) is 9.31. The van der Waals surface area contributed by atoms with Crippen molar-refractivity contribution in [2.24, 2.45) is 0 Å². The van der Waals surface area contributed by atoms with Crippen LogP contribution in [-0.2, 0) is 9.59 Å². The number of carbonyl (C=O) groups excluding carboxylic acids is 1. The third-order valence-corrected chi connectivity index (χ3v) is 6.73. The van der Waals surface area contributed by atoms with E-state index in [2.05, 4.69) is 10.1 Å². The van der Waals surface area contributed by atoms with Gasteiger partial charge in [-0.05, 0) is 88.6 Å². The van der Waals surface area contributed by atoms with Crippen LogP contribution in [0.3, 0.4) is 0 Å². The van der Waals surface area contributed by atoms with Crippen LogP contribution in [0.5, 0.6) is 11.5 Å². The van der Waals surface area contributed by atoms with Crippen molar-refractivity contribution in [3.8, 4) is 11.5 Å². The molecule has 2 aromatic carbocycles. The molecule has 40 heavy (non-hydrogen) atoms. The highest BCUT2D eigenvalue weighted by atomic mass is 35.5. The first-order valence-corrected chi connectivity index (χ1v) is 13.3. The van der Waals surface area contributed by atoms with Crippen LogP contribution in [0.25, 0.3) is 10.9 Å². The average molecular weight is 573 g/mol. The molecule has 1 aliphatic rings. The van der Waals surface area contributed by atoms with Crippen molar-refractivity contribution < 1.29 is 38.6 Å². The Hall–Kier alpha value is -3.89. The quantitative estimate of drug-likeness (QED) is 0.173. The van der Waals surface area contributed by atoms with E-state index in [4.69, 9.17) is 35.8 Å². The molecule has 0 spiro atoms. The van der Waals surface area contributed by atoms with E-state index in [9.17, 15) is 14.4 Å². The van der Waals surface area contributed by atoms with Crippen molar-refractivity contribution in [1.29, 1.82) is 0 Å². The second-order valence-corrected chi connectivity index (χ2v) is 9.75. The van der Waals surface area contributed by atoms with Gasteiger partial charge in [-0.3, -0.25) is 4.79 Å². The summed E-state index contributed by atoms with van der Waals surface area (Å²) >= 11 is 6.06. The molecular weight excluding hydrogens is 540 g/mol. The number of halogens is 1. The van der Waals surface area contributed by atoms with Crippen molar-refractivity contribution >= 4 is 40.2 Å². The van der Waals surface area contributed by atoms with Gasteiger partial charge in [-0.15, -0.1) is 0 Å². The van der Waals surface area contributed by atoms with Crippen LogP contribution in [0.2, 0.25) is 5.02 Å². The maximum Gasteiger partial charge on any atom is 0.328 e. The standard InChI is InChI=1S/C25H29ClN2O4.C4H4O4/c1-17(29)19-5-8-23(24(15-19)30-2)31-14-4-3-11-28-12-9-18(10-13-28)25-21-7-6-20(26)16-22(21)27-32-25;5-3(6)1-2-4(7)8/h5-8,15-16,18H,3-4,9-14H2,1-2H3;1-2H,(H,5,6)(H,7,8)/b;2-1+. The fourth-order valence-corrected chi connectivity index (χ4v) is 4.58. The smallest absolute Gasteiger partial charge is 0.328 e. The summed E-state index contributed by atoms with van der Waals surface area (Å²) in [6, 6.07) is 11.1. The number of aliphatic carboxylic acids is 2.